The van der Waals surface area contributed by atoms with E-state index >= 15 is 0 Å². The summed E-state index contributed by atoms with van der Waals surface area (Å²) in [6.45, 7) is 1.20. The summed E-state index contributed by atoms with van der Waals surface area (Å²) in [5.41, 5.74) is 0.221. The summed E-state index contributed by atoms with van der Waals surface area (Å²) in [4.78, 5) is 9.85. The molecule has 2 aromatic heterocycles. The molecule has 28 heavy (non-hydrogen) atoms. The SMILES string of the molecule is CN=C(NCCNc1ncccc1C(F)(F)F)N(C)Cc1cc(Cl)cn1C.I. The zero-order valence-electron chi connectivity index (χ0n) is 15.7. The molecule has 2 N–H and O–H groups in total. The highest BCUT2D eigenvalue weighted by atomic mass is 127. The van der Waals surface area contributed by atoms with Crippen LogP contribution in [0, 0.1) is 0 Å². The first kappa shape index (κ1) is 24.3. The molecule has 2 rings (SSSR count). The first-order valence-corrected chi connectivity index (χ1v) is 8.58. The number of rotatable bonds is 6. The quantitative estimate of drug-likeness (QED) is 0.258. The van der Waals surface area contributed by atoms with Crippen LogP contribution in [-0.4, -0.2) is 47.6 Å². The third-order valence-corrected chi connectivity index (χ3v) is 4.07. The zero-order valence-corrected chi connectivity index (χ0v) is 18.8. The number of aryl methyl sites for hydroxylation is 1. The lowest BCUT2D eigenvalue weighted by Gasteiger charge is -2.22. The van der Waals surface area contributed by atoms with E-state index in [0.29, 0.717) is 24.1 Å². The van der Waals surface area contributed by atoms with E-state index in [1.807, 2.05) is 35.8 Å². The summed E-state index contributed by atoms with van der Waals surface area (Å²) < 4.78 is 40.8. The van der Waals surface area contributed by atoms with Crippen LogP contribution in [0.1, 0.15) is 11.3 Å². The van der Waals surface area contributed by atoms with Crippen molar-refractivity contribution in [1.82, 2.24) is 19.8 Å². The molecule has 0 amide bonds. The molecule has 0 aromatic carbocycles. The Morgan fingerprint density at radius 2 is 2.07 bits per heavy atom. The van der Waals surface area contributed by atoms with Crippen molar-refractivity contribution in [1.29, 1.82) is 0 Å². The van der Waals surface area contributed by atoms with Gasteiger partial charge in [-0.05, 0) is 18.2 Å². The average molecular weight is 531 g/mol. The molecule has 0 unspecified atom stereocenters. The first-order valence-electron chi connectivity index (χ1n) is 8.21. The van der Waals surface area contributed by atoms with Crippen molar-refractivity contribution in [3.8, 4) is 0 Å². The molecule has 0 aliphatic heterocycles. The van der Waals surface area contributed by atoms with E-state index in [1.54, 1.807) is 7.05 Å². The van der Waals surface area contributed by atoms with Gasteiger partial charge in [0, 0.05) is 52.3 Å². The summed E-state index contributed by atoms with van der Waals surface area (Å²) >= 11 is 5.99. The van der Waals surface area contributed by atoms with Crippen molar-refractivity contribution < 1.29 is 13.2 Å². The van der Waals surface area contributed by atoms with Crippen LogP contribution in [0.25, 0.3) is 0 Å². The molecule has 0 fully saturated rings. The number of aliphatic imine (C=N–C) groups is 1. The number of hydrogen-bond donors (Lipinski definition) is 2. The number of hydrogen-bond acceptors (Lipinski definition) is 3. The topological polar surface area (TPSA) is 57.5 Å². The summed E-state index contributed by atoms with van der Waals surface area (Å²) in [5, 5.41) is 6.47. The van der Waals surface area contributed by atoms with Gasteiger partial charge in [0.2, 0.25) is 0 Å². The molecule has 156 valence electrons. The summed E-state index contributed by atoms with van der Waals surface area (Å²) in [5.74, 6) is 0.430. The smallest absolute Gasteiger partial charge is 0.368 e. The summed E-state index contributed by atoms with van der Waals surface area (Å²) in [7, 11) is 5.41. The number of nitrogens with zero attached hydrogens (tertiary/aromatic N) is 4. The maximum atomic E-state index is 13.0. The van der Waals surface area contributed by atoms with Crippen LogP contribution in [0.15, 0.2) is 35.6 Å². The molecular weight excluding hydrogens is 508 g/mol. The lowest BCUT2D eigenvalue weighted by molar-refractivity contribution is -0.137. The van der Waals surface area contributed by atoms with Crippen molar-refractivity contribution in [3.05, 3.63) is 46.9 Å². The normalized spacial score (nSPS) is 11.8. The molecule has 0 aliphatic rings. The Morgan fingerprint density at radius 1 is 1.36 bits per heavy atom. The summed E-state index contributed by atoms with van der Waals surface area (Å²) in [6, 6.07) is 4.13. The number of pyridine rings is 1. The van der Waals surface area contributed by atoms with Gasteiger partial charge < -0.3 is 20.1 Å². The first-order chi connectivity index (χ1) is 12.7. The molecular formula is C17H23ClF3IN6. The van der Waals surface area contributed by atoms with Crippen molar-refractivity contribution >= 4 is 47.4 Å². The molecule has 0 saturated carbocycles. The van der Waals surface area contributed by atoms with Crippen molar-refractivity contribution in [2.75, 3.05) is 32.5 Å². The molecule has 2 aromatic rings. The van der Waals surface area contributed by atoms with Gasteiger partial charge in [-0.3, -0.25) is 4.99 Å². The van der Waals surface area contributed by atoms with Crippen molar-refractivity contribution in [3.63, 3.8) is 0 Å². The Kier molecular flexibility index (Phi) is 9.34. The molecule has 6 nitrogen and oxygen atoms in total. The van der Waals surface area contributed by atoms with E-state index in [1.165, 1.54) is 12.3 Å². The van der Waals surface area contributed by atoms with Gasteiger partial charge >= 0.3 is 6.18 Å². The lowest BCUT2D eigenvalue weighted by Crippen LogP contribution is -2.40. The second kappa shape index (κ2) is 10.7. The molecule has 0 radical (unpaired) electrons. The summed E-state index contributed by atoms with van der Waals surface area (Å²) in [6.07, 6.45) is -1.31. The third-order valence-electron chi connectivity index (χ3n) is 3.86. The Morgan fingerprint density at radius 3 is 2.64 bits per heavy atom. The standard InChI is InChI=1S/C17H22ClF3N6.HI/c1-22-16(27(3)11-13-9-12(18)10-26(13)2)25-8-7-24-15-14(17(19,20)21)5-4-6-23-15;/h4-6,9-10H,7-8,11H2,1-3H3,(H,22,25)(H,23,24);1H. The van der Waals surface area contributed by atoms with Gasteiger partial charge in [0.15, 0.2) is 5.96 Å². The number of halogens is 5. The monoisotopic (exact) mass is 530 g/mol. The predicted octanol–water partition coefficient (Wildman–Crippen LogP) is 3.83. The number of anilines is 1. The van der Waals surface area contributed by atoms with E-state index in [-0.39, 0.29) is 36.3 Å². The van der Waals surface area contributed by atoms with E-state index in [2.05, 4.69) is 20.6 Å². The Bertz CT molecular complexity index is 793. The number of aromatic nitrogens is 2. The Labute approximate surface area is 184 Å². The van der Waals surface area contributed by atoms with E-state index < -0.39 is 11.7 Å². The van der Waals surface area contributed by atoms with Gasteiger partial charge in [0.1, 0.15) is 5.82 Å². The highest BCUT2D eigenvalue weighted by Gasteiger charge is 2.33. The maximum absolute atomic E-state index is 13.0. The van der Waals surface area contributed by atoms with Crippen LogP contribution in [0.3, 0.4) is 0 Å². The molecule has 11 heteroatoms. The van der Waals surface area contributed by atoms with Gasteiger partial charge in [-0.2, -0.15) is 13.2 Å². The highest BCUT2D eigenvalue weighted by molar-refractivity contribution is 14.0. The van der Waals surface area contributed by atoms with Crippen LogP contribution in [0.5, 0.6) is 0 Å². The number of guanidine groups is 1. The number of nitrogens with one attached hydrogen (secondary N) is 2. The average Bonchev–Trinajstić information content (AvgIpc) is 2.91. The fourth-order valence-electron chi connectivity index (χ4n) is 2.56. The largest absolute Gasteiger partial charge is 0.419 e. The minimum absolute atomic E-state index is 0. The van der Waals surface area contributed by atoms with Crippen molar-refractivity contribution in [2.24, 2.45) is 12.0 Å². The Hall–Kier alpha value is -1.69. The second-order valence-electron chi connectivity index (χ2n) is 5.91. The number of alkyl halides is 3. The van der Waals surface area contributed by atoms with E-state index in [4.69, 9.17) is 11.6 Å². The highest BCUT2D eigenvalue weighted by Crippen LogP contribution is 2.33. The minimum atomic E-state index is -4.45. The van der Waals surface area contributed by atoms with Crippen LogP contribution in [0.2, 0.25) is 5.02 Å². The van der Waals surface area contributed by atoms with Crippen LogP contribution in [-0.2, 0) is 19.8 Å². The maximum Gasteiger partial charge on any atom is 0.419 e. The van der Waals surface area contributed by atoms with Gasteiger partial charge in [-0.1, -0.05) is 11.6 Å². The minimum Gasteiger partial charge on any atom is -0.368 e. The molecule has 2 heterocycles. The Balaban J connectivity index is 0.00000392. The fourth-order valence-corrected chi connectivity index (χ4v) is 2.83. The predicted molar refractivity (Wildman–Crippen MR) is 116 cm³/mol. The van der Waals surface area contributed by atoms with E-state index in [0.717, 1.165) is 11.8 Å². The molecule has 0 spiro atoms. The van der Waals surface area contributed by atoms with Gasteiger partial charge in [0.25, 0.3) is 0 Å². The van der Waals surface area contributed by atoms with Gasteiger partial charge in [0.05, 0.1) is 17.1 Å². The molecule has 0 saturated heterocycles. The van der Waals surface area contributed by atoms with E-state index in [9.17, 15) is 13.2 Å². The van der Waals surface area contributed by atoms with Crippen LogP contribution >= 0.6 is 35.6 Å². The van der Waals surface area contributed by atoms with Crippen LogP contribution in [0.4, 0.5) is 19.0 Å². The van der Waals surface area contributed by atoms with Crippen molar-refractivity contribution in [2.45, 2.75) is 12.7 Å². The molecule has 0 atom stereocenters. The van der Waals surface area contributed by atoms with Gasteiger partial charge in [-0.25, -0.2) is 4.98 Å². The van der Waals surface area contributed by atoms with Gasteiger partial charge in [-0.15, -0.1) is 24.0 Å². The zero-order chi connectivity index (χ0) is 20.0. The molecule has 0 bridgehead atoms. The lowest BCUT2D eigenvalue weighted by atomic mass is 10.2. The van der Waals surface area contributed by atoms with Crippen LogP contribution < -0.4 is 10.6 Å². The fraction of sp³-hybridized carbons (Fsp3) is 0.412. The second-order valence-corrected chi connectivity index (χ2v) is 6.35. The third kappa shape index (κ3) is 6.73. The molecule has 0 aliphatic carbocycles.